The number of hydrogen-bond donors (Lipinski definition) is 0. The Balaban J connectivity index is 2.24. The van der Waals surface area contributed by atoms with Crippen LogP contribution in [0.15, 0.2) is 18.2 Å². The van der Waals surface area contributed by atoms with Gasteiger partial charge in [-0.05, 0) is 18.6 Å². The van der Waals surface area contributed by atoms with Gasteiger partial charge in [0.05, 0.1) is 25.9 Å². The van der Waals surface area contributed by atoms with Gasteiger partial charge in [0, 0.05) is 6.07 Å². The quantitative estimate of drug-likeness (QED) is 0.806. The summed E-state index contributed by atoms with van der Waals surface area (Å²) in [7, 11) is 1.60. The van der Waals surface area contributed by atoms with Crippen LogP contribution in [0, 0.1) is 0 Å². The maximum atomic E-state index is 11.5. The number of benzene rings is 1. The molecular formula is C13H17NO4. The van der Waals surface area contributed by atoms with Crippen LogP contribution in [-0.2, 0) is 4.74 Å². The summed E-state index contributed by atoms with van der Waals surface area (Å²) in [5, 5.41) is 0. The first-order valence-electron chi connectivity index (χ1n) is 6.01. The first-order valence-corrected chi connectivity index (χ1v) is 6.01. The molecule has 98 valence electrons. The summed E-state index contributed by atoms with van der Waals surface area (Å²) in [6.45, 7) is 3.65. The van der Waals surface area contributed by atoms with E-state index in [1.54, 1.807) is 24.1 Å². The fraction of sp³-hybridized carbons (Fsp3) is 0.462. The van der Waals surface area contributed by atoms with E-state index in [2.05, 4.69) is 0 Å². The molecule has 1 fully saturated rings. The molecule has 1 amide bonds. The van der Waals surface area contributed by atoms with Crippen LogP contribution >= 0.6 is 0 Å². The standard InChI is InChI=1S/C13H17NO4/c1-3-7-17-12-9-10(4-5-11(12)16-2)14-6-8-18-13(14)15/h4-5,9H,3,6-8H2,1-2H3. The van der Waals surface area contributed by atoms with Crippen LogP contribution in [0.3, 0.4) is 0 Å². The molecule has 1 aromatic carbocycles. The molecule has 2 rings (SSSR count). The molecule has 5 heteroatoms. The van der Waals surface area contributed by atoms with Crippen molar-refractivity contribution in [2.24, 2.45) is 0 Å². The number of carbonyl (C=O) groups excluding carboxylic acids is 1. The number of methoxy groups -OCH3 is 1. The smallest absolute Gasteiger partial charge is 0.414 e. The number of hydrogen-bond acceptors (Lipinski definition) is 4. The van der Waals surface area contributed by atoms with Crippen LogP contribution in [-0.4, -0.2) is 33.0 Å². The molecule has 0 aromatic heterocycles. The maximum absolute atomic E-state index is 11.5. The number of rotatable bonds is 5. The van der Waals surface area contributed by atoms with E-state index in [-0.39, 0.29) is 6.09 Å². The molecule has 1 aromatic rings. The van der Waals surface area contributed by atoms with Crippen molar-refractivity contribution >= 4 is 11.8 Å². The average Bonchev–Trinajstić information content (AvgIpc) is 2.82. The highest BCUT2D eigenvalue weighted by Crippen LogP contribution is 2.32. The van der Waals surface area contributed by atoms with E-state index in [1.165, 1.54) is 0 Å². The lowest BCUT2D eigenvalue weighted by atomic mass is 10.2. The second-order valence-electron chi connectivity index (χ2n) is 3.95. The summed E-state index contributed by atoms with van der Waals surface area (Å²) >= 11 is 0. The fourth-order valence-corrected chi connectivity index (χ4v) is 1.79. The molecule has 1 aliphatic heterocycles. The lowest BCUT2D eigenvalue weighted by molar-refractivity contribution is 0.181. The van der Waals surface area contributed by atoms with E-state index in [1.807, 2.05) is 13.0 Å². The third-order valence-electron chi connectivity index (χ3n) is 2.68. The summed E-state index contributed by atoms with van der Waals surface area (Å²) in [4.78, 5) is 13.1. The zero-order valence-corrected chi connectivity index (χ0v) is 10.6. The monoisotopic (exact) mass is 251 g/mol. The van der Waals surface area contributed by atoms with E-state index in [4.69, 9.17) is 14.2 Å². The second-order valence-corrected chi connectivity index (χ2v) is 3.95. The SMILES string of the molecule is CCCOc1cc(N2CCOC2=O)ccc1OC. The molecule has 1 saturated heterocycles. The van der Waals surface area contributed by atoms with Gasteiger partial charge in [0.25, 0.3) is 0 Å². The Labute approximate surface area is 106 Å². The minimum Gasteiger partial charge on any atom is -0.493 e. The predicted octanol–water partition coefficient (Wildman–Crippen LogP) is 2.44. The highest BCUT2D eigenvalue weighted by molar-refractivity contribution is 5.89. The molecule has 0 radical (unpaired) electrons. The Morgan fingerprint density at radius 1 is 1.39 bits per heavy atom. The van der Waals surface area contributed by atoms with Crippen LogP contribution in [0.5, 0.6) is 11.5 Å². The highest BCUT2D eigenvalue weighted by Gasteiger charge is 2.24. The van der Waals surface area contributed by atoms with E-state index in [9.17, 15) is 4.79 Å². The van der Waals surface area contributed by atoms with Crippen LogP contribution in [0.2, 0.25) is 0 Å². The van der Waals surface area contributed by atoms with Crippen LogP contribution in [0.1, 0.15) is 13.3 Å². The van der Waals surface area contributed by atoms with Crippen LogP contribution in [0.25, 0.3) is 0 Å². The van der Waals surface area contributed by atoms with Crippen molar-refractivity contribution in [1.82, 2.24) is 0 Å². The van der Waals surface area contributed by atoms with Gasteiger partial charge in [-0.25, -0.2) is 4.79 Å². The normalized spacial score (nSPS) is 14.6. The van der Waals surface area contributed by atoms with Gasteiger partial charge in [-0.3, -0.25) is 4.90 Å². The lowest BCUT2D eigenvalue weighted by Crippen LogP contribution is -2.23. The molecule has 0 atom stereocenters. The Bertz CT molecular complexity index is 433. The van der Waals surface area contributed by atoms with Gasteiger partial charge in [-0.1, -0.05) is 6.92 Å². The first-order chi connectivity index (χ1) is 8.76. The number of amides is 1. The largest absolute Gasteiger partial charge is 0.493 e. The molecule has 0 unspecified atom stereocenters. The minimum absolute atomic E-state index is 0.318. The molecule has 5 nitrogen and oxygen atoms in total. The predicted molar refractivity (Wildman–Crippen MR) is 67.5 cm³/mol. The Morgan fingerprint density at radius 3 is 2.83 bits per heavy atom. The lowest BCUT2D eigenvalue weighted by Gasteiger charge is -2.16. The van der Waals surface area contributed by atoms with Crippen molar-refractivity contribution in [3.05, 3.63) is 18.2 Å². The van der Waals surface area contributed by atoms with Crippen molar-refractivity contribution in [3.8, 4) is 11.5 Å². The summed E-state index contributed by atoms with van der Waals surface area (Å²) < 4.78 is 15.7. The molecular weight excluding hydrogens is 234 g/mol. The van der Waals surface area contributed by atoms with Gasteiger partial charge >= 0.3 is 6.09 Å². The minimum atomic E-state index is -0.318. The zero-order chi connectivity index (χ0) is 13.0. The van der Waals surface area contributed by atoms with Crippen molar-refractivity contribution in [3.63, 3.8) is 0 Å². The fourth-order valence-electron chi connectivity index (χ4n) is 1.79. The zero-order valence-electron chi connectivity index (χ0n) is 10.6. The van der Waals surface area contributed by atoms with E-state index in [0.717, 1.165) is 12.1 Å². The highest BCUT2D eigenvalue weighted by atomic mass is 16.6. The van der Waals surface area contributed by atoms with Crippen molar-refractivity contribution in [2.45, 2.75) is 13.3 Å². The number of ether oxygens (including phenoxy) is 3. The van der Waals surface area contributed by atoms with Crippen LogP contribution < -0.4 is 14.4 Å². The summed E-state index contributed by atoms with van der Waals surface area (Å²) in [5.41, 5.74) is 0.768. The summed E-state index contributed by atoms with van der Waals surface area (Å²) in [5.74, 6) is 1.32. The maximum Gasteiger partial charge on any atom is 0.414 e. The molecule has 0 saturated carbocycles. The number of anilines is 1. The van der Waals surface area contributed by atoms with Crippen LogP contribution in [0.4, 0.5) is 10.5 Å². The number of carbonyl (C=O) groups is 1. The molecule has 0 spiro atoms. The Kier molecular flexibility index (Phi) is 3.92. The van der Waals surface area contributed by atoms with Gasteiger partial charge in [0.1, 0.15) is 6.61 Å². The Morgan fingerprint density at radius 2 is 2.22 bits per heavy atom. The topological polar surface area (TPSA) is 48.0 Å². The van der Waals surface area contributed by atoms with Gasteiger partial charge in [0.15, 0.2) is 11.5 Å². The van der Waals surface area contributed by atoms with Gasteiger partial charge in [0.2, 0.25) is 0 Å². The van der Waals surface area contributed by atoms with E-state index >= 15 is 0 Å². The van der Waals surface area contributed by atoms with Gasteiger partial charge in [-0.2, -0.15) is 0 Å². The molecule has 0 N–H and O–H groups in total. The first kappa shape index (κ1) is 12.5. The number of nitrogens with zero attached hydrogens (tertiary/aromatic N) is 1. The third-order valence-corrected chi connectivity index (χ3v) is 2.68. The van der Waals surface area contributed by atoms with Crippen molar-refractivity contribution < 1.29 is 19.0 Å². The molecule has 1 aliphatic rings. The molecule has 0 bridgehead atoms. The second kappa shape index (κ2) is 5.62. The Hall–Kier alpha value is -1.91. The van der Waals surface area contributed by atoms with E-state index < -0.39 is 0 Å². The average molecular weight is 251 g/mol. The molecule has 18 heavy (non-hydrogen) atoms. The van der Waals surface area contributed by atoms with Crippen molar-refractivity contribution in [1.29, 1.82) is 0 Å². The third kappa shape index (κ3) is 2.50. The summed E-state index contributed by atoms with van der Waals surface area (Å²) in [6.07, 6.45) is 0.598. The van der Waals surface area contributed by atoms with Gasteiger partial charge < -0.3 is 14.2 Å². The van der Waals surface area contributed by atoms with Gasteiger partial charge in [-0.15, -0.1) is 0 Å². The van der Waals surface area contributed by atoms with E-state index in [0.29, 0.717) is 31.3 Å². The van der Waals surface area contributed by atoms with Crippen molar-refractivity contribution in [2.75, 3.05) is 31.8 Å². The number of cyclic esters (lactones) is 1. The summed E-state index contributed by atoms with van der Waals surface area (Å²) in [6, 6.07) is 5.43. The molecule has 0 aliphatic carbocycles. The molecule has 1 heterocycles.